The summed E-state index contributed by atoms with van der Waals surface area (Å²) in [6.07, 6.45) is 6.63. The van der Waals surface area contributed by atoms with Crippen LogP contribution in [0.25, 0.3) is 0 Å². The first kappa shape index (κ1) is 21.9. The normalized spacial score (nSPS) is 28.7. The number of sulfone groups is 1. The first-order valence-electron chi connectivity index (χ1n) is 9.52. The van der Waals surface area contributed by atoms with Crippen LogP contribution in [0.15, 0.2) is 34.4 Å². The Morgan fingerprint density at radius 3 is 2.67 bits per heavy atom. The number of allylic oxidation sites excluding steroid dienone is 3. The molecule has 0 radical (unpaired) electrons. The van der Waals surface area contributed by atoms with Crippen LogP contribution in [0.2, 0.25) is 0 Å². The molecule has 5 nitrogen and oxygen atoms in total. The van der Waals surface area contributed by atoms with Gasteiger partial charge in [-0.1, -0.05) is 42.7 Å². The standard InChI is InChI=1S/C21H32O5S/c1-14-7-6-10-21(4,5)17(14)9-8-15(2)20(23)18-11-16(3)19(12-26-13-22)27(18,24)25/h8,11,13,18-20,23H,6-7,9-10,12H2,1-5H3/b15-8+. The van der Waals surface area contributed by atoms with Crippen LogP contribution >= 0.6 is 0 Å². The average Bonchev–Trinajstić information content (AvgIpc) is 2.80. The Kier molecular flexibility index (Phi) is 6.74. The summed E-state index contributed by atoms with van der Waals surface area (Å²) in [5, 5.41) is 8.85. The van der Waals surface area contributed by atoms with Crippen LogP contribution < -0.4 is 0 Å². The summed E-state index contributed by atoms with van der Waals surface area (Å²) in [6, 6.07) is 0. The molecule has 0 aromatic carbocycles. The Morgan fingerprint density at radius 1 is 1.41 bits per heavy atom. The van der Waals surface area contributed by atoms with E-state index in [0.29, 0.717) is 11.1 Å². The molecule has 3 unspecified atom stereocenters. The lowest BCUT2D eigenvalue weighted by Crippen LogP contribution is -2.36. The molecule has 1 aliphatic carbocycles. The van der Waals surface area contributed by atoms with Crippen LogP contribution in [0, 0.1) is 5.41 Å². The second kappa shape index (κ2) is 8.31. The van der Waals surface area contributed by atoms with Crippen LogP contribution in [0.4, 0.5) is 0 Å². The molecule has 0 saturated heterocycles. The zero-order valence-electron chi connectivity index (χ0n) is 17.0. The Labute approximate surface area is 163 Å². The van der Waals surface area contributed by atoms with Gasteiger partial charge in [0.1, 0.15) is 17.1 Å². The molecule has 0 amide bonds. The highest BCUT2D eigenvalue weighted by Crippen LogP contribution is 2.42. The summed E-state index contributed by atoms with van der Waals surface area (Å²) in [5.74, 6) is 0. The molecular weight excluding hydrogens is 364 g/mol. The SMILES string of the molecule is CC1=CC(C(O)/C(C)=C/CC2=C(C)CCCC2(C)C)S(=O)(=O)C1COC=O. The minimum Gasteiger partial charge on any atom is -0.466 e. The van der Waals surface area contributed by atoms with Crippen molar-refractivity contribution in [1.82, 2.24) is 0 Å². The predicted molar refractivity (Wildman–Crippen MR) is 107 cm³/mol. The van der Waals surface area contributed by atoms with Gasteiger partial charge in [-0.3, -0.25) is 4.79 Å². The molecule has 0 aromatic rings. The third-order valence-electron chi connectivity index (χ3n) is 6.12. The van der Waals surface area contributed by atoms with Gasteiger partial charge in [0.15, 0.2) is 9.84 Å². The quantitative estimate of drug-likeness (QED) is 0.526. The van der Waals surface area contributed by atoms with Crippen LogP contribution in [0.5, 0.6) is 0 Å². The van der Waals surface area contributed by atoms with E-state index in [1.807, 2.05) is 6.08 Å². The van der Waals surface area contributed by atoms with Gasteiger partial charge in [0.2, 0.25) is 0 Å². The van der Waals surface area contributed by atoms with E-state index in [1.165, 1.54) is 17.6 Å². The highest BCUT2D eigenvalue weighted by Gasteiger charge is 2.44. The van der Waals surface area contributed by atoms with Crippen molar-refractivity contribution in [3.8, 4) is 0 Å². The average molecular weight is 397 g/mol. The van der Waals surface area contributed by atoms with Crippen molar-refractivity contribution in [3.05, 3.63) is 34.4 Å². The largest absolute Gasteiger partial charge is 0.466 e. The number of aliphatic hydroxyl groups is 1. The van der Waals surface area contributed by atoms with Crippen molar-refractivity contribution in [1.29, 1.82) is 0 Å². The smallest absolute Gasteiger partial charge is 0.293 e. The van der Waals surface area contributed by atoms with Crippen molar-refractivity contribution in [2.75, 3.05) is 6.61 Å². The molecule has 2 rings (SSSR count). The van der Waals surface area contributed by atoms with Gasteiger partial charge in [0, 0.05) is 0 Å². The lowest BCUT2D eigenvalue weighted by Gasteiger charge is -2.34. The van der Waals surface area contributed by atoms with Gasteiger partial charge in [-0.2, -0.15) is 0 Å². The van der Waals surface area contributed by atoms with Gasteiger partial charge in [-0.25, -0.2) is 8.42 Å². The molecule has 0 saturated carbocycles. The third-order valence-corrected chi connectivity index (χ3v) is 8.57. The Bertz CT molecular complexity index is 770. The summed E-state index contributed by atoms with van der Waals surface area (Å²) in [5.41, 5.74) is 4.20. The van der Waals surface area contributed by atoms with Crippen molar-refractivity contribution >= 4 is 16.3 Å². The minimum atomic E-state index is -3.65. The van der Waals surface area contributed by atoms with E-state index in [4.69, 9.17) is 0 Å². The minimum absolute atomic E-state index is 0.136. The maximum absolute atomic E-state index is 12.8. The predicted octanol–water partition coefficient (Wildman–Crippen LogP) is 3.50. The molecule has 27 heavy (non-hydrogen) atoms. The van der Waals surface area contributed by atoms with E-state index in [2.05, 4.69) is 25.5 Å². The van der Waals surface area contributed by atoms with E-state index in [-0.39, 0.29) is 18.5 Å². The molecule has 3 atom stereocenters. The highest BCUT2D eigenvalue weighted by molar-refractivity contribution is 7.93. The lowest BCUT2D eigenvalue weighted by molar-refractivity contribution is -0.128. The molecular formula is C21H32O5S. The van der Waals surface area contributed by atoms with Crippen molar-refractivity contribution < 1.29 is 23.1 Å². The molecule has 1 N–H and O–H groups in total. The third kappa shape index (κ3) is 4.54. The number of hydrogen-bond donors (Lipinski definition) is 1. The van der Waals surface area contributed by atoms with Crippen LogP contribution in [0.1, 0.15) is 60.3 Å². The van der Waals surface area contributed by atoms with Crippen molar-refractivity contribution in [2.24, 2.45) is 5.41 Å². The van der Waals surface area contributed by atoms with Gasteiger partial charge in [0.25, 0.3) is 6.47 Å². The number of rotatable bonds is 7. The maximum Gasteiger partial charge on any atom is 0.293 e. The maximum atomic E-state index is 12.8. The zero-order valence-corrected chi connectivity index (χ0v) is 17.8. The molecule has 1 aliphatic heterocycles. The zero-order chi connectivity index (χ0) is 20.4. The molecule has 6 heteroatoms. The van der Waals surface area contributed by atoms with Crippen LogP contribution in [-0.4, -0.2) is 43.2 Å². The fourth-order valence-corrected chi connectivity index (χ4v) is 6.52. The highest BCUT2D eigenvalue weighted by atomic mass is 32.2. The first-order chi connectivity index (χ1) is 12.5. The second-order valence-electron chi connectivity index (χ2n) is 8.48. The van der Waals surface area contributed by atoms with Crippen LogP contribution in [-0.2, 0) is 19.4 Å². The molecule has 2 aliphatic rings. The van der Waals surface area contributed by atoms with Gasteiger partial charge < -0.3 is 9.84 Å². The number of carbonyl (C=O) groups is 1. The summed E-state index contributed by atoms with van der Waals surface area (Å²) in [4.78, 5) is 10.4. The fraction of sp³-hybridized carbons (Fsp3) is 0.667. The summed E-state index contributed by atoms with van der Waals surface area (Å²) >= 11 is 0. The lowest BCUT2D eigenvalue weighted by atomic mass is 9.71. The number of ether oxygens (including phenoxy) is 1. The summed E-state index contributed by atoms with van der Waals surface area (Å²) in [6.45, 7) is 10.2. The number of hydrogen-bond acceptors (Lipinski definition) is 5. The van der Waals surface area contributed by atoms with Gasteiger partial charge >= 0.3 is 0 Å². The molecule has 0 spiro atoms. The Hall–Kier alpha value is -1.40. The van der Waals surface area contributed by atoms with Crippen molar-refractivity contribution in [3.63, 3.8) is 0 Å². The van der Waals surface area contributed by atoms with Gasteiger partial charge in [0.05, 0.1) is 6.10 Å². The van der Waals surface area contributed by atoms with E-state index in [0.717, 1.165) is 19.3 Å². The molecule has 0 fully saturated rings. The van der Waals surface area contributed by atoms with E-state index < -0.39 is 26.4 Å². The topological polar surface area (TPSA) is 80.7 Å². The summed E-state index contributed by atoms with van der Waals surface area (Å²) < 4.78 is 30.2. The molecule has 0 aromatic heterocycles. The first-order valence-corrected chi connectivity index (χ1v) is 11.1. The number of carbonyl (C=O) groups excluding carboxylic acids is 1. The Morgan fingerprint density at radius 2 is 2.07 bits per heavy atom. The van der Waals surface area contributed by atoms with E-state index >= 15 is 0 Å². The fourth-order valence-electron chi connectivity index (χ4n) is 4.30. The molecule has 152 valence electrons. The molecule has 0 bridgehead atoms. The molecule has 1 heterocycles. The summed E-state index contributed by atoms with van der Waals surface area (Å²) in [7, 11) is -3.65. The monoisotopic (exact) mass is 396 g/mol. The Balaban J connectivity index is 2.18. The van der Waals surface area contributed by atoms with Crippen LogP contribution in [0.3, 0.4) is 0 Å². The number of aliphatic hydroxyl groups excluding tert-OH is 1. The van der Waals surface area contributed by atoms with Crippen molar-refractivity contribution in [2.45, 2.75) is 76.9 Å². The second-order valence-corrected chi connectivity index (χ2v) is 10.8. The van der Waals surface area contributed by atoms with E-state index in [1.54, 1.807) is 19.9 Å². The van der Waals surface area contributed by atoms with Gasteiger partial charge in [-0.15, -0.1) is 0 Å². The van der Waals surface area contributed by atoms with Gasteiger partial charge in [-0.05, 0) is 57.4 Å². The van der Waals surface area contributed by atoms with E-state index in [9.17, 15) is 18.3 Å².